The van der Waals surface area contributed by atoms with Gasteiger partial charge < -0.3 is 14.6 Å². The van der Waals surface area contributed by atoms with Gasteiger partial charge in [0, 0.05) is 18.5 Å². The Balaban J connectivity index is 0.000000208. The Morgan fingerprint density at radius 3 is 1.44 bits per heavy atom. The summed E-state index contributed by atoms with van der Waals surface area (Å²) in [6.45, 7) is 1.31. The number of benzene rings is 4. The third-order valence-electron chi connectivity index (χ3n) is 9.25. The Morgan fingerprint density at radius 1 is 0.667 bits per heavy atom. The molecule has 2 aliphatic carbocycles. The largest absolute Gasteiger partial charge is 0.497 e. The molecule has 11 nitrogen and oxygen atoms in total. The summed E-state index contributed by atoms with van der Waals surface area (Å²) in [5.41, 5.74) is 5.90. The van der Waals surface area contributed by atoms with Gasteiger partial charge in [0.2, 0.25) is 20.0 Å². The minimum absolute atomic E-state index is 0.0839. The molecule has 0 spiro atoms. The summed E-state index contributed by atoms with van der Waals surface area (Å²) in [4.78, 5) is 23.0. The number of carbonyl (C=O) groups excluding carboxylic acids is 2. The van der Waals surface area contributed by atoms with Crippen molar-refractivity contribution in [2.24, 2.45) is 0 Å². The molecule has 0 amide bonds. The van der Waals surface area contributed by atoms with Gasteiger partial charge in [-0.2, -0.15) is 0 Å². The first kappa shape index (κ1) is 40.3. The van der Waals surface area contributed by atoms with Gasteiger partial charge in [0.25, 0.3) is 0 Å². The van der Waals surface area contributed by atoms with Crippen molar-refractivity contribution < 1.29 is 41.0 Å². The first-order chi connectivity index (χ1) is 25.8. The number of hydrogen-bond donors (Lipinski definition) is 3. The number of methoxy groups -OCH3 is 2. The molecule has 4 aromatic carbocycles. The molecule has 0 radical (unpaired) electrons. The van der Waals surface area contributed by atoms with Crippen molar-refractivity contribution in [2.75, 3.05) is 20.8 Å². The first-order valence-corrected chi connectivity index (χ1v) is 20.4. The van der Waals surface area contributed by atoms with Crippen LogP contribution in [0.1, 0.15) is 71.7 Å². The average molecular weight is 773 g/mol. The second-order valence-electron chi connectivity index (χ2n) is 12.8. The summed E-state index contributed by atoms with van der Waals surface area (Å²) >= 11 is 0. The zero-order valence-electron chi connectivity index (χ0n) is 30.3. The van der Waals surface area contributed by atoms with E-state index >= 15 is 0 Å². The van der Waals surface area contributed by atoms with Gasteiger partial charge in [-0.1, -0.05) is 55.5 Å². The smallest absolute Gasteiger partial charge is 0.241 e. The van der Waals surface area contributed by atoms with E-state index in [9.17, 15) is 26.4 Å². The van der Waals surface area contributed by atoms with E-state index in [1.165, 1.54) is 37.5 Å². The molecule has 3 N–H and O–H groups in total. The maximum Gasteiger partial charge on any atom is 0.241 e. The maximum absolute atomic E-state index is 12.7. The monoisotopic (exact) mass is 772 g/mol. The molecule has 0 fully saturated rings. The molecular formula is C41H44N2O9S2. The SMILES string of the molecule is CCC(=O)/C=C/c1ccc2c(c1)CCC2NS(=O)(=O)c1ccc(OC)cc1.COc1ccc(S(=O)(=O)NC2CCc3cc(/C=C/C(=O)CO)ccc32)cc1. The second-order valence-corrected chi connectivity index (χ2v) is 16.2. The lowest BCUT2D eigenvalue weighted by molar-refractivity contribution is -0.117. The lowest BCUT2D eigenvalue weighted by Gasteiger charge is -2.15. The Kier molecular flexibility index (Phi) is 13.4. The van der Waals surface area contributed by atoms with Gasteiger partial charge in [-0.15, -0.1) is 0 Å². The Hall–Kier alpha value is -4.92. The zero-order chi connectivity index (χ0) is 38.9. The molecule has 0 heterocycles. The fourth-order valence-electron chi connectivity index (χ4n) is 6.30. The number of aliphatic hydroxyl groups excluding tert-OH is 1. The highest BCUT2D eigenvalue weighted by atomic mass is 32.2. The fourth-order valence-corrected chi connectivity index (χ4v) is 8.80. The van der Waals surface area contributed by atoms with Crippen molar-refractivity contribution in [2.45, 2.75) is 60.9 Å². The van der Waals surface area contributed by atoms with Crippen LogP contribution in [-0.4, -0.2) is 54.3 Å². The number of ketones is 2. The third kappa shape index (κ3) is 10.2. The summed E-state index contributed by atoms with van der Waals surface area (Å²) in [7, 11) is -4.18. The van der Waals surface area contributed by atoms with Gasteiger partial charge in [0.05, 0.1) is 24.0 Å². The summed E-state index contributed by atoms with van der Waals surface area (Å²) in [5, 5.41) is 8.76. The summed E-state index contributed by atoms with van der Waals surface area (Å²) in [6.07, 6.45) is 9.79. The lowest BCUT2D eigenvalue weighted by atomic mass is 10.0. The summed E-state index contributed by atoms with van der Waals surface area (Å²) in [6, 6.07) is 23.6. The van der Waals surface area contributed by atoms with E-state index in [2.05, 4.69) is 9.44 Å². The van der Waals surface area contributed by atoms with E-state index in [-0.39, 0.29) is 33.4 Å². The van der Waals surface area contributed by atoms with Crippen LogP contribution in [0.15, 0.2) is 107 Å². The molecule has 2 unspecified atom stereocenters. The predicted molar refractivity (Wildman–Crippen MR) is 207 cm³/mol. The molecule has 0 aliphatic heterocycles. The average Bonchev–Trinajstić information content (AvgIpc) is 3.78. The van der Waals surface area contributed by atoms with E-state index in [0.29, 0.717) is 30.8 Å². The van der Waals surface area contributed by atoms with Gasteiger partial charge in [-0.25, -0.2) is 26.3 Å². The number of aliphatic hydroxyl groups is 1. The highest BCUT2D eigenvalue weighted by Gasteiger charge is 2.29. The first-order valence-electron chi connectivity index (χ1n) is 17.5. The standard InChI is InChI=1S/C21H23NO4S.C20H21NO5S/c1-3-17(23)7-4-15-5-12-20-16(14-15)6-13-21(20)22-27(24,25)19-10-8-18(26-2)9-11-19;1-26-17-6-8-18(9-7-17)27(24,25)21-20-11-4-15-12-14(3-10-19(15)20)2-5-16(23)13-22/h4-5,7-12,14,21-22H,3,6,13H2,1-2H3;2-3,5-10,12,20-22H,4,11,13H2,1H3/b7-4+;5-2+. The summed E-state index contributed by atoms with van der Waals surface area (Å²) in [5.74, 6) is 0.934. The minimum atomic E-state index is -3.64. The van der Waals surface area contributed by atoms with Crippen molar-refractivity contribution in [1.29, 1.82) is 0 Å². The highest BCUT2D eigenvalue weighted by Crippen LogP contribution is 2.35. The van der Waals surface area contributed by atoms with Gasteiger partial charge >= 0.3 is 0 Å². The number of aryl methyl sites for hydroxylation is 2. The maximum atomic E-state index is 12.7. The number of allylic oxidation sites excluding steroid dienone is 1. The van der Waals surface area contributed by atoms with Crippen molar-refractivity contribution in [3.8, 4) is 11.5 Å². The van der Waals surface area contributed by atoms with E-state index in [1.54, 1.807) is 49.6 Å². The highest BCUT2D eigenvalue weighted by molar-refractivity contribution is 7.89. The molecule has 0 bridgehead atoms. The van der Waals surface area contributed by atoms with Crippen LogP contribution < -0.4 is 18.9 Å². The molecular weight excluding hydrogens is 729 g/mol. The number of sulfonamides is 2. The van der Waals surface area contributed by atoms with Gasteiger partial charge in [0.15, 0.2) is 11.6 Å². The fraction of sp³-hybridized carbons (Fsp3) is 0.268. The molecule has 0 aromatic heterocycles. The molecule has 54 heavy (non-hydrogen) atoms. The molecule has 0 saturated heterocycles. The number of rotatable bonds is 14. The van der Waals surface area contributed by atoms with Gasteiger partial charge in [-0.3, -0.25) is 9.59 Å². The van der Waals surface area contributed by atoms with E-state index in [4.69, 9.17) is 14.6 Å². The van der Waals surface area contributed by atoms with E-state index in [0.717, 1.165) is 46.2 Å². The Labute approximate surface area is 316 Å². The van der Waals surface area contributed by atoms with Crippen molar-refractivity contribution in [3.63, 3.8) is 0 Å². The topological polar surface area (TPSA) is 165 Å². The Morgan fingerprint density at radius 2 is 1.07 bits per heavy atom. The minimum Gasteiger partial charge on any atom is -0.497 e. The lowest BCUT2D eigenvalue weighted by Crippen LogP contribution is -2.27. The molecule has 6 rings (SSSR count). The van der Waals surface area contributed by atoms with E-state index in [1.807, 2.05) is 43.3 Å². The van der Waals surface area contributed by atoms with Crippen molar-refractivity contribution in [3.05, 3.63) is 130 Å². The van der Waals surface area contributed by atoms with Crippen molar-refractivity contribution >= 4 is 43.8 Å². The molecule has 284 valence electrons. The van der Waals surface area contributed by atoms with Crippen LogP contribution in [0.2, 0.25) is 0 Å². The van der Waals surface area contributed by atoms with Crippen LogP contribution in [0, 0.1) is 0 Å². The third-order valence-corrected chi connectivity index (χ3v) is 12.2. The van der Waals surface area contributed by atoms with Crippen molar-refractivity contribution in [1.82, 2.24) is 9.44 Å². The summed E-state index contributed by atoms with van der Waals surface area (Å²) < 4.78 is 66.4. The Bertz CT molecular complexity index is 2090. The molecule has 0 saturated carbocycles. The molecule has 2 aliphatic rings. The number of hydrogen-bond acceptors (Lipinski definition) is 9. The number of fused-ring (bicyclic) bond motifs is 2. The molecule has 13 heteroatoms. The van der Waals surface area contributed by atoms with Gasteiger partial charge in [0.1, 0.15) is 18.1 Å². The van der Waals surface area contributed by atoms with Gasteiger partial charge in [-0.05, 0) is 120 Å². The number of nitrogens with one attached hydrogen (secondary N) is 2. The molecule has 4 aromatic rings. The number of carbonyl (C=O) groups is 2. The van der Waals surface area contributed by atoms with Crippen LogP contribution in [0.3, 0.4) is 0 Å². The van der Waals surface area contributed by atoms with Crippen LogP contribution in [0.4, 0.5) is 0 Å². The van der Waals surface area contributed by atoms with Crippen LogP contribution >= 0.6 is 0 Å². The van der Waals surface area contributed by atoms with Crippen LogP contribution in [0.25, 0.3) is 12.2 Å². The zero-order valence-corrected chi connectivity index (χ0v) is 32.0. The second kappa shape index (κ2) is 17.9. The predicted octanol–water partition coefficient (Wildman–Crippen LogP) is 5.89. The normalized spacial score (nSPS) is 16.4. The van der Waals surface area contributed by atoms with E-state index < -0.39 is 26.7 Å². The molecule has 2 atom stereocenters. The number of ether oxygens (including phenoxy) is 2. The van der Waals surface area contributed by atoms with Crippen LogP contribution in [-0.2, 0) is 42.5 Å². The quantitative estimate of drug-likeness (QED) is 0.133. The van der Waals surface area contributed by atoms with Crippen LogP contribution in [0.5, 0.6) is 11.5 Å².